The fourth-order valence-corrected chi connectivity index (χ4v) is 8.17. The number of aryl methyl sites for hydroxylation is 2. The van der Waals surface area contributed by atoms with Gasteiger partial charge in [-0.3, -0.25) is 29.5 Å². The van der Waals surface area contributed by atoms with Crippen LogP contribution >= 0.6 is 0 Å². The zero-order valence-corrected chi connectivity index (χ0v) is 41.7. The normalized spacial score (nSPS) is 15.1. The molecular weight excluding hydrogens is 935 g/mol. The van der Waals surface area contributed by atoms with Crippen molar-refractivity contribution in [3.05, 3.63) is 120 Å². The second-order valence-electron chi connectivity index (χ2n) is 18.5. The Balaban J connectivity index is 0.940. The number of hydrogen-bond acceptors (Lipinski definition) is 18. The number of hydrogen-bond donors (Lipinski definition) is 4. The molecule has 4 N–H and O–H groups in total. The number of aliphatic hydroxyl groups excluding tert-OH is 1. The highest BCUT2D eigenvalue weighted by Gasteiger charge is 2.27. The van der Waals surface area contributed by atoms with Crippen molar-refractivity contribution in [1.82, 2.24) is 29.9 Å². The zero-order chi connectivity index (χ0) is 51.7. The van der Waals surface area contributed by atoms with Gasteiger partial charge >= 0.3 is 0 Å². The van der Waals surface area contributed by atoms with E-state index in [2.05, 4.69) is 46.5 Å². The van der Waals surface area contributed by atoms with E-state index in [1.807, 2.05) is 43.0 Å². The minimum atomic E-state index is -1.14. The van der Waals surface area contributed by atoms with Gasteiger partial charge in [-0.1, -0.05) is 0 Å². The fourth-order valence-electron chi connectivity index (χ4n) is 8.17. The van der Waals surface area contributed by atoms with Gasteiger partial charge in [0.2, 0.25) is 11.8 Å². The van der Waals surface area contributed by atoms with Crippen molar-refractivity contribution in [1.29, 1.82) is 5.26 Å². The molecule has 6 aromatic heterocycles. The Bertz CT molecular complexity index is 2990. The Hall–Kier alpha value is -7.67. The third-order valence-electron chi connectivity index (χ3n) is 12.4. The SMILES string of the molecule is Cc1ncc(NC(=O)c2cc(C(C)(C)O)ccn2)cc1-c1cnc(OCCOC2CN(c3cc(-c4cc(NC(=O)c5cc(C(C)(C)C#N)ccn5)cnc4C)cnc3OCCO)CCO2)c(N2CCOCC2)c1. The van der Waals surface area contributed by atoms with Gasteiger partial charge in [0.05, 0.1) is 80.4 Å². The number of pyridine rings is 6. The molecule has 2 amide bonds. The summed E-state index contributed by atoms with van der Waals surface area (Å²) in [6.07, 6.45) is 8.89. The van der Waals surface area contributed by atoms with Gasteiger partial charge in [0.1, 0.15) is 36.0 Å². The second-order valence-corrected chi connectivity index (χ2v) is 18.5. The molecule has 1 atom stereocenters. The number of ether oxygens (including phenoxy) is 5. The molecule has 0 bridgehead atoms. The van der Waals surface area contributed by atoms with Gasteiger partial charge in [-0.2, -0.15) is 5.26 Å². The van der Waals surface area contributed by atoms with Crippen LogP contribution in [-0.4, -0.2) is 131 Å². The van der Waals surface area contributed by atoms with E-state index >= 15 is 0 Å². The lowest BCUT2D eigenvalue weighted by atomic mass is 9.86. The van der Waals surface area contributed by atoms with Gasteiger partial charge < -0.3 is 54.3 Å². The highest BCUT2D eigenvalue weighted by atomic mass is 16.7. The van der Waals surface area contributed by atoms with Gasteiger partial charge in [0, 0.05) is 78.1 Å². The van der Waals surface area contributed by atoms with E-state index in [9.17, 15) is 25.1 Å². The Morgan fingerprint density at radius 2 is 1.25 bits per heavy atom. The monoisotopic (exact) mass is 993 g/mol. The van der Waals surface area contributed by atoms with Gasteiger partial charge in [0.15, 0.2) is 6.29 Å². The summed E-state index contributed by atoms with van der Waals surface area (Å²) < 4.78 is 30.2. The number of nitriles is 1. The van der Waals surface area contributed by atoms with Crippen LogP contribution in [0.15, 0.2) is 85.7 Å². The number of anilines is 4. The van der Waals surface area contributed by atoms with E-state index in [1.54, 1.807) is 76.7 Å². The predicted octanol–water partition coefficient (Wildman–Crippen LogP) is 6.01. The molecule has 20 nitrogen and oxygen atoms in total. The minimum Gasteiger partial charge on any atom is -0.474 e. The number of carbonyl (C=O) groups is 2. The Morgan fingerprint density at radius 3 is 1.81 bits per heavy atom. The summed E-state index contributed by atoms with van der Waals surface area (Å²) in [5, 5.41) is 35.5. The Kier molecular flexibility index (Phi) is 16.2. The van der Waals surface area contributed by atoms with E-state index in [1.165, 1.54) is 12.4 Å². The third kappa shape index (κ3) is 12.7. The van der Waals surface area contributed by atoms with E-state index in [-0.39, 0.29) is 37.8 Å². The van der Waals surface area contributed by atoms with Crippen LogP contribution in [0.5, 0.6) is 11.8 Å². The average molecular weight is 994 g/mol. The molecule has 2 aliphatic rings. The van der Waals surface area contributed by atoms with Crippen molar-refractivity contribution in [2.45, 2.75) is 58.8 Å². The van der Waals surface area contributed by atoms with Gasteiger partial charge in [-0.15, -0.1) is 0 Å². The lowest BCUT2D eigenvalue weighted by Gasteiger charge is -2.35. The molecule has 0 aliphatic carbocycles. The molecule has 20 heteroatoms. The maximum atomic E-state index is 13.4. The van der Waals surface area contributed by atoms with Crippen LogP contribution in [0, 0.1) is 25.2 Å². The van der Waals surface area contributed by atoms with E-state index in [4.69, 9.17) is 28.7 Å². The molecule has 0 saturated carbocycles. The largest absolute Gasteiger partial charge is 0.474 e. The van der Waals surface area contributed by atoms with Crippen LogP contribution < -0.4 is 29.9 Å². The molecule has 380 valence electrons. The minimum absolute atomic E-state index is 0.0330. The van der Waals surface area contributed by atoms with Crippen LogP contribution in [0.3, 0.4) is 0 Å². The van der Waals surface area contributed by atoms with Crippen LogP contribution in [0.1, 0.15) is 71.2 Å². The van der Waals surface area contributed by atoms with Crippen molar-refractivity contribution < 1.29 is 43.5 Å². The maximum Gasteiger partial charge on any atom is 0.274 e. The first kappa shape index (κ1) is 51.7. The van der Waals surface area contributed by atoms with Crippen molar-refractivity contribution >= 4 is 34.6 Å². The first-order valence-electron chi connectivity index (χ1n) is 23.9. The summed E-state index contributed by atoms with van der Waals surface area (Å²) in [7, 11) is 0. The Morgan fingerprint density at radius 1 is 0.712 bits per heavy atom. The van der Waals surface area contributed by atoms with Crippen molar-refractivity contribution in [2.75, 3.05) is 92.9 Å². The number of nitrogens with zero attached hydrogens (tertiary/aromatic N) is 9. The standard InChI is InChI=1S/C53H59N11O9/c1-33-41(25-40(30-57-33)62-49(67)44-24-38(8-10-56-44)53(5,6)68)35-21-45(63-11-15-69-16-12-63)50(59-27-35)73-20-19-71-47-31-64(13-17-70-47)46-22-36(28-60-51(46)72-18-14-65)42-26-39(29-58-34(42)2)61-48(66)43-23-37(7-9-55-43)52(3,4)32-54/h7-10,21-30,47,65,68H,11-20,31H2,1-6H3,(H,61,66)(H,62,67). The molecule has 8 heterocycles. The molecule has 1 unspecified atom stereocenters. The van der Waals surface area contributed by atoms with E-state index in [0.717, 1.165) is 28.1 Å². The average Bonchev–Trinajstić information content (AvgIpc) is 3.40. The number of morpholine rings is 2. The molecule has 73 heavy (non-hydrogen) atoms. The first-order valence-corrected chi connectivity index (χ1v) is 23.9. The molecular formula is C53H59N11O9. The number of aromatic nitrogens is 6. The van der Waals surface area contributed by atoms with Crippen molar-refractivity contribution in [3.63, 3.8) is 0 Å². The molecule has 2 aliphatic heterocycles. The predicted molar refractivity (Wildman–Crippen MR) is 272 cm³/mol. The summed E-state index contributed by atoms with van der Waals surface area (Å²) in [6, 6.07) is 16.4. The first-order chi connectivity index (χ1) is 35.1. The number of nitrogens with one attached hydrogen (secondary N) is 2. The fraction of sp³-hybridized carbons (Fsp3) is 0.377. The van der Waals surface area contributed by atoms with Crippen molar-refractivity contribution in [3.8, 4) is 40.1 Å². The quantitative estimate of drug-likeness (QED) is 0.0720. The molecule has 0 radical (unpaired) electrons. The summed E-state index contributed by atoms with van der Waals surface area (Å²) in [5.74, 6) is -0.148. The molecule has 2 fully saturated rings. The Labute approximate surface area is 423 Å². The smallest absolute Gasteiger partial charge is 0.274 e. The van der Waals surface area contributed by atoms with Crippen molar-refractivity contribution in [2.24, 2.45) is 0 Å². The third-order valence-corrected chi connectivity index (χ3v) is 12.4. The lowest BCUT2D eigenvalue weighted by Crippen LogP contribution is -2.44. The number of rotatable bonds is 18. The van der Waals surface area contributed by atoms with Crippen LogP contribution in [-0.2, 0) is 25.2 Å². The van der Waals surface area contributed by atoms with Crippen LogP contribution in [0.4, 0.5) is 22.7 Å². The van der Waals surface area contributed by atoms with Gasteiger partial charge in [-0.05, 0) is 101 Å². The van der Waals surface area contributed by atoms with Gasteiger partial charge in [-0.25, -0.2) is 9.97 Å². The highest BCUT2D eigenvalue weighted by molar-refractivity contribution is 6.04. The molecule has 0 spiro atoms. The van der Waals surface area contributed by atoms with E-state index < -0.39 is 29.1 Å². The lowest BCUT2D eigenvalue weighted by molar-refractivity contribution is -0.150. The summed E-state index contributed by atoms with van der Waals surface area (Å²) in [5.41, 5.74) is 6.35. The number of carbonyl (C=O) groups excluding carboxylic acids is 2. The summed E-state index contributed by atoms with van der Waals surface area (Å²) in [6.45, 7) is 14.3. The zero-order valence-electron chi connectivity index (χ0n) is 41.7. The maximum absolute atomic E-state index is 13.4. The number of aliphatic hydroxyl groups is 2. The van der Waals surface area contributed by atoms with E-state index in [0.29, 0.717) is 97.2 Å². The molecule has 8 rings (SSSR count). The van der Waals surface area contributed by atoms with Crippen LogP contribution in [0.25, 0.3) is 22.3 Å². The topological polar surface area (TPSA) is 252 Å². The van der Waals surface area contributed by atoms with Crippen LogP contribution in [0.2, 0.25) is 0 Å². The number of amides is 2. The summed E-state index contributed by atoms with van der Waals surface area (Å²) in [4.78, 5) is 57.9. The molecule has 2 saturated heterocycles. The summed E-state index contributed by atoms with van der Waals surface area (Å²) >= 11 is 0. The molecule has 6 aromatic rings. The molecule has 0 aromatic carbocycles. The van der Waals surface area contributed by atoms with Gasteiger partial charge in [0.25, 0.3) is 11.8 Å². The highest BCUT2D eigenvalue weighted by Crippen LogP contribution is 2.36. The second kappa shape index (κ2) is 22.8.